The van der Waals surface area contributed by atoms with Crippen molar-refractivity contribution >= 4 is 29.2 Å². The predicted octanol–water partition coefficient (Wildman–Crippen LogP) is 3.40. The molecular weight excluding hydrogens is 400 g/mol. The smallest absolute Gasteiger partial charge is 0.326 e. The van der Waals surface area contributed by atoms with E-state index in [4.69, 9.17) is 14.2 Å². The quantitative estimate of drug-likeness (QED) is 0.712. The van der Waals surface area contributed by atoms with E-state index in [2.05, 4.69) is 5.32 Å². The van der Waals surface area contributed by atoms with Gasteiger partial charge in [-0.25, -0.2) is 0 Å². The molecule has 8 nitrogen and oxygen atoms in total. The number of esters is 1. The van der Waals surface area contributed by atoms with E-state index in [1.807, 2.05) is 0 Å². The molecule has 31 heavy (non-hydrogen) atoms. The minimum atomic E-state index is -1.16. The van der Waals surface area contributed by atoms with Crippen LogP contribution in [-0.2, 0) is 14.3 Å². The van der Waals surface area contributed by atoms with Gasteiger partial charge in [0.15, 0.2) is 5.60 Å². The fourth-order valence-corrected chi connectivity index (χ4v) is 3.24. The number of amides is 2. The van der Waals surface area contributed by atoms with Gasteiger partial charge in [-0.05, 0) is 58.0 Å². The fraction of sp³-hybridized carbons (Fsp3) is 0.348. The molecule has 164 valence electrons. The number of nitrogens with zero attached hydrogens (tertiary/aromatic N) is 1. The molecule has 1 aliphatic rings. The Kier molecular flexibility index (Phi) is 6.19. The van der Waals surface area contributed by atoms with Gasteiger partial charge in [0.2, 0.25) is 0 Å². The summed E-state index contributed by atoms with van der Waals surface area (Å²) >= 11 is 0. The van der Waals surface area contributed by atoms with E-state index in [-0.39, 0.29) is 12.6 Å². The van der Waals surface area contributed by atoms with Gasteiger partial charge in [0, 0.05) is 5.56 Å². The molecule has 0 aliphatic carbocycles. The van der Waals surface area contributed by atoms with E-state index >= 15 is 0 Å². The number of methoxy groups -OCH3 is 1. The number of benzene rings is 2. The summed E-state index contributed by atoms with van der Waals surface area (Å²) in [7, 11) is 1.52. The monoisotopic (exact) mass is 426 g/mol. The summed E-state index contributed by atoms with van der Waals surface area (Å²) in [5.41, 5.74) is -0.0222. The van der Waals surface area contributed by atoms with Crippen molar-refractivity contribution in [3.05, 3.63) is 48.0 Å². The third-order valence-electron chi connectivity index (χ3n) is 4.65. The zero-order chi connectivity index (χ0) is 22.8. The number of ether oxygens (including phenoxy) is 3. The van der Waals surface area contributed by atoms with Gasteiger partial charge in [-0.2, -0.15) is 0 Å². The van der Waals surface area contributed by atoms with Crippen molar-refractivity contribution in [2.45, 2.75) is 39.4 Å². The standard InChI is InChI=1S/C23H26N2O6/c1-14(2)30-20(26)13-25-17-12-15(10-11-19(17)31-23(3,4)22(25)28)21(27)24-16-8-6-7-9-18(16)29-5/h6-12,14H,13H2,1-5H3,(H,24,27). The lowest BCUT2D eigenvalue weighted by atomic mass is 10.0. The molecule has 0 saturated heterocycles. The van der Waals surface area contributed by atoms with Gasteiger partial charge in [-0.3, -0.25) is 19.3 Å². The number of hydrogen-bond donors (Lipinski definition) is 1. The van der Waals surface area contributed by atoms with Crippen molar-refractivity contribution in [1.29, 1.82) is 0 Å². The summed E-state index contributed by atoms with van der Waals surface area (Å²) < 4.78 is 16.3. The third-order valence-corrected chi connectivity index (χ3v) is 4.65. The van der Waals surface area contributed by atoms with Crippen LogP contribution in [0.5, 0.6) is 11.5 Å². The topological polar surface area (TPSA) is 94.2 Å². The average Bonchev–Trinajstić information content (AvgIpc) is 2.70. The second-order valence-corrected chi connectivity index (χ2v) is 7.88. The number of nitrogens with one attached hydrogen (secondary N) is 1. The van der Waals surface area contributed by atoms with Crippen LogP contribution in [0.2, 0.25) is 0 Å². The van der Waals surface area contributed by atoms with Gasteiger partial charge < -0.3 is 19.5 Å². The molecule has 2 aromatic carbocycles. The second-order valence-electron chi connectivity index (χ2n) is 7.88. The molecule has 2 aromatic rings. The molecule has 3 rings (SSSR count). The van der Waals surface area contributed by atoms with E-state index in [1.165, 1.54) is 18.1 Å². The van der Waals surface area contributed by atoms with Crippen LogP contribution in [0.4, 0.5) is 11.4 Å². The van der Waals surface area contributed by atoms with E-state index in [0.29, 0.717) is 28.4 Å². The molecule has 0 radical (unpaired) electrons. The van der Waals surface area contributed by atoms with Crippen molar-refractivity contribution in [1.82, 2.24) is 0 Å². The van der Waals surface area contributed by atoms with Crippen LogP contribution in [0.15, 0.2) is 42.5 Å². The van der Waals surface area contributed by atoms with Crippen LogP contribution < -0.4 is 19.7 Å². The summed E-state index contributed by atoms with van der Waals surface area (Å²) in [6.07, 6.45) is -0.311. The molecule has 1 heterocycles. The predicted molar refractivity (Wildman–Crippen MR) is 116 cm³/mol. The number of rotatable bonds is 6. The van der Waals surface area contributed by atoms with E-state index in [1.54, 1.807) is 64.1 Å². The number of para-hydroxylation sites is 2. The zero-order valence-electron chi connectivity index (χ0n) is 18.2. The Morgan fingerprint density at radius 2 is 1.87 bits per heavy atom. The summed E-state index contributed by atoms with van der Waals surface area (Å²) in [6, 6.07) is 11.8. The van der Waals surface area contributed by atoms with Crippen LogP contribution in [0.25, 0.3) is 0 Å². The van der Waals surface area contributed by atoms with E-state index in [9.17, 15) is 14.4 Å². The van der Waals surface area contributed by atoms with Crippen molar-refractivity contribution in [3.63, 3.8) is 0 Å². The fourth-order valence-electron chi connectivity index (χ4n) is 3.24. The van der Waals surface area contributed by atoms with Crippen molar-refractivity contribution in [2.75, 3.05) is 23.9 Å². The highest BCUT2D eigenvalue weighted by Crippen LogP contribution is 2.38. The highest BCUT2D eigenvalue weighted by Gasteiger charge is 2.42. The van der Waals surface area contributed by atoms with Crippen molar-refractivity contribution in [3.8, 4) is 11.5 Å². The van der Waals surface area contributed by atoms with Crippen LogP contribution in [-0.4, -0.2) is 43.1 Å². The van der Waals surface area contributed by atoms with Crippen LogP contribution in [0.3, 0.4) is 0 Å². The molecule has 0 saturated carbocycles. The Morgan fingerprint density at radius 3 is 2.55 bits per heavy atom. The van der Waals surface area contributed by atoms with Crippen LogP contribution in [0, 0.1) is 0 Å². The summed E-state index contributed by atoms with van der Waals surface area (Å²) in [4.78, 5) is 39.4. The van der Waals surface area contributed by atoms with Crippen LogP contribution in [0.1, 0.15) is 38.1 Å². The molecule has 0 unspecified atom stereocenters. The van der Waals surface area contributed by atoms with Gasteiger partial charge >= 0.3 is 5.97 Å². The Balaban J connectivity index is 1.93. The lowest BCUT2D eigenvalue weighted by molar-refractivity contribution is -0.147. The molecule has 2 amide bonds. The molecule has 1 N–H and O–H groups in total. The normalized spacial score (nSPS) is 14.5. The Bertz CT molecular complexity index is 1010. The van der Waals surface area contributed by atoms with Crippen molar-refractivity contribution < 1.29 is 28.6 Å². The highest BCUT2D eigenvalue weighted by atomic mass is 16.5. The Hall–Kier alpha value is -3.55. The molecule has 8 heteroatoms. The molecular formula is C23H26N2O6. The maximum Gasteiger partial charge on any atom is 0.326 e. The lowest BCUT2D eigenvalue weighted by Gasteiger charge is -2.38. The maximum absolute atomic E-state index is 13.0. The SMILES string of the molecule is COc1ccccc1NC(=O)c1ccc2c(c1)N(CC(=O)OC(C)C)C(=O)C(C)(C)O2. The molecule has 1 aliphatic heterocycles. The van der Waals surface area contributed by atoms with Gasteiger partial charge in [0.25, 0.3) is 11.8 Å². The number of anilines is 2. The molecule has 0 fully saturated rings. The Labute approximate surface area is 181 Å². The second kappa shape index (κ2) is 8.67. The largest absolute Gasteiger partial charge is 0.495 e. The summed E-state index contributed by atoms with van der Waals surface area (Å²) in [6.45, 7) is 6.44. The molecule has 0 bridgehead atoms. The van der Waals surface area contributed by atoms with Gasteiger partial charge in [0.1, 0.15) is 18.0 Å². The zero-order valence-corrected chi connectivity index (χ0v) is 18.2. The first-order chi connectivity index (χ1) is 14.6. The van der Waals surface area contributed by atoms with E-state index < -0.39 is 23.4 Å². The first-order valence-corrected chi connectivity index (χ1v) is 9.91. The molecule has 0 spiro atoms. The third kappa shape index (κ3) is 4.79. The lowest BCUT2D eigenvalue weighted by Crippen LogP contribution is -2.54. The number of carbonyl (C=O) groups excluding carboxylic acids is 3. The average molecular weight is 426 g/mol. The Morgan fingerprint density at radius 1 is 1.16 bits per heavy atom. The minimum absolute atomic E-state index is 0.283. The van der Waals surface area contributed by atoms with Crippen molar-refractivity contribution in [2.24, 2.45) is 0 Å². The number of fused-ring (bicyclic) bond motifs is 1. The van der Waals surface area contributed by atoms with Gasteiger partial charge in [-0.15, -0.1) is 0 Å². The molecule has 0 atom stereocenters. The maximum atomic E-state index is 13.0. The van der Waals surface area contributed by atoms with Gasteiger partial charge in [0.05, 0.1) is 24.6 Å². The summed E-state index contributed by atoms with van der Waals surface area (Å²) in [5.74, 6) is -0.420. The van der Waals surface area contributed by atoms with E-state index in [0.717, 1.165) is 0 Å². The minimum Gasteiger partial charge on any atom is -0.495 e. The van der Waals surface area contributed by atoms with Gasteiger partial charge in [-0.1, -0.05) is 12.1 Å². The first kappa shape index (κ1) is 22.1. The first-order valence-electron chi connectivity index (χ1n) is 9.91. The van der Waals surface area contributed by atoms with Crippen LogP contribution >= 0.6 is 0 Å². The number of carbonyl (C=O) groups is 3. The summed E-state index contributed by atoms with van der Waals surface area (Å²) in [5, 5.41) is 2.79. The molecule has 0 aromatic heterocycles. The number of hydrogen-bond acceptors (Lipinski definition) is 6. The highest BCUT2D eigenvalue weighted by molar-refractivity contribution is 6.09.